The van der Waals surface area contributed by atoms with Crippen molar-refractivity contribution >= 4 is 35.5 Å². The van der Waals surface area contributed by atoms with Gasteiger partial charge in [0.05, 0.1) is 11.9 Å². The zero-order valence-electron chi connectivity index (χ0n) is 11.3. The van der Waals surface area contributed by atoms with E-state index in [-0.39, 0.29) is 11.7 Å². The Morgan fingerprint density at radius 1 is 1.29 bits per heavy atom. The van der Waals surface area contributed by atoms with Gasteiger partial charge in [0.2, 0.25) is 5.88 Å². The zero-order valence-corrected chi connectivity index (χ0v) is 13.0. The molecular weight excluding hydrogens is 307 g/mol. The summed E-state index contributed by atoms with van der Waals surface area (Å²) in [6.07, 6.45) is 6.08. The van der Waals surface area contributed by atoms with Crippen LogP contribution in [0.15, 0.2) is 29.3 Å². The van der Waals surface area contributed by atoms with Gasteiger partial charge in [-0.2, -0.15) is 0 Å². The number of aromatic hydroxyl groups is 1. The smallest absolute Gasteiger partial charge is 0.212 e. The quantitative estimate of drug-likeness (QED) is 0.638. The largest absolute Gasteiger partial charge is 0.493 e. The van der Waals surface area contributed by atoms with Crippen molar-refractivity contribution in [2.75, 3.05) is 0 Å². The molecule has 0 spiro atoms. The molecule has 110 valence electrons. The van der Waals surface area contributed by atoms with Crippen LogP contribution in [0.4, 0.5) is 10.1 Å². The highest BCUT2D eigenvalue weighted by Crippen LogP contribution is 2.36. The van der Waals surface area contributed by atoms with Gasteiger partial charge in [-0.15, -0.1) is 0 Å². The van der Waals surface area contributed by atoms with Gasteiger partial charge in [0.25, 0.3) is 0 Å². The third-order valence-electron chi connectivity index (χ3n) is 3.69. The lowest BCUT2D eigenvalue weighted by Gasteiger charge is -2.11. The van der Waals surface area contributed by atoms with Crippen molar-refractivity contribution in [1.29, 1.82) is 0 Å². The van der Waals surface area contributed by atoms with E-state index in [0.29, 0.717) is 20.6 Å². The summed E-state index contributed by atoms with van der Waals surface area (Å²) in [5.74, 6) is -0.0948. The number of nitrogens with zero attached hydrogens (tertiary/aromatic N) is 2. The molecule has 1 aliphatic rings. The van der Waals surface area contributed by atoms with Gasteiger partial charge in [-0.1, -0.05) is 24.2 Å². The number of aliphatic imine (C=N–C) groups is 1. The van der Waals surface area contributed by atoms with Gasteiger partial charge in [-0.3, -0.25) is 9.56 Å². The second-order valence-corrected chi connectivity index (χ2v) is 6.77. The van der Waals surface area contributed by atoms with Crippen LogP contribution >= 0.6 is 23.6 Å². The Hall–Kier alpha value is -1.53. The van der Waals surface area contributed by atoms with Crippen LogP contribution < -0.4 is 0 Å². The fourth-order valence-electron chi connectivity index (χ4n) is 2.62. The second-order valence-electron chi connectivity index (χ2n) is 5.10. The molecule has 1 heterocycles. The van der Waals surface area contributed by atoms with E-state index in [1.807, 2.05) is 4.57 Å². The normalized spacial score (nSPS) is 16.0. The first-order valence-electron chi connectivity index (χ1n) is 6.89. The second kappa shape index (κ2) is 6.07. The van der Waals surface area contributed by atoms with E-state index in [1.54, 1.807) is 18.3 Å². The molecule has 0 radical (unpaired) electrons. The average Bonchev–Trinajstić information content (AvgIpc) is 3.07. The number of hydrogen-bond donors (Lipinski definition) is 1. The van der Waals surface area contributed by atoms with E-state index in [2.05, 4.69) is 4.99 Å². The molecule has 1 fully saturated rings. The Morgan fingerprint density at radius 3 is 2.62 bits per heavy atom. The molecule has 2 aromatic rings. The lowest BCUT2D eigenvalue weighted by atomic mass is 10.2. The minimum atomic E-state index is -0.292. The molecule has 3 rings (SSSR count). The monoisotopic (exact) mass is 322 g/mol. The van der Waals surface area contributed by atoms with Gasteiger partial charge < -0.3 is 5.11 Å². The molecular formula is C15H15FN2OS2. The number of halogens is 1. The molecule has 0 aliphatic heterocycles. The van der Waals surface area contributed by atoms with Gasteiger partial charge in [-0.05, 0) is 49.3 Å². The number of benzene rings is 1. The van der Waals surface area contributed by atoms with Crippen LogP contribution in [0.25, 0.3) is 0 Å². The first-order chi connectivity index (χ1) is 10.1. The minimum absolute atomic E-state index is 0.197. The fraction of sp³-hybridized carbons (Fsp3) is 0.333. The summed E-state index contributed by atoms with van der Waals surface area (Å²) in [7, 11) is 0. The van der Waals surface area contributed by atoms with Crippen LogP contribution in [-0.4, -0.2) is 15.9 Å². The van der Waals surface area contributed by atoms with Crippen molar-refractivity contribution in [3.8, 4) is 5.88 Å². The van der Waals surface area contributed by atoms with Crippen molar-refractivity contribution in [3.05, 3.63) is 38.9 Å². The molecule has 0 unspecified atom stereocenters. The summed E-state index contributed by atoms with van der Waals surface area (Å²) in [5, 5.41) is 10.3. The predicted molar refractivity (Wildman–Crippen MR) is 86.0 cm³/mol. The van der Waals surface area contributed by atoms with E-state index in [1.165, 1.54) is 36.3 Å². The van der Waals surface area contributed by atoms with Crippen LogP contribution in [0.1, 0.15) is 36.6 Å². The van der Waals surface area contributed by atoms with Gasteiger partial charge >= 0.3 is 0 Å². The molecule has 0 bridgehead atoms. The number of aromatic nitrogens is 1. The predicted octanol–water partition coefficient (Wildman–Crippen LogP) is 4.99. The van der Waals surface area contributed by atoms with Gasteiger partial charge in [-0.25, -0.2) is 4.39 Å². The summed E-state index contributed by atoms with van der Waals surface area (Å²) in [6, 6.07) is 6.21. The van der Waals surface area contributed by atoms with E-state index < -0.39 is 0 Å². The maximum atomic E-state index is 12.8. The van der Waals surface area contributed by atoms with Crippen molar-refractivity contribution in [2.24, 2.45) is 4.99 Å². The molecule has 1 aromatic heterocycles. The van der Waals surface area contributed by atoms with Crippen molar-refractivity contribution in [1.82, 2.24) is 4.57 Å². The van der Waals surface area contributed by atoms with E-state index in [0.717, 1.165) is 12.8 Å². The molecule has 1 saturated carbocycles. The molecule has 0 amide bonds. The number of thiazole rings is 1. The summed E-state index contributed by atoms with van der Waals surface area (Å²) in [6.45, 7) is 0. The molecule has 1 aliphatic carbocycles. The average molecular weight is 322 g/mol. The zero-order chi connectivity index (χ0) is 14.8. The maximum Gasteiger partial charge on any atom is 0.212 e. The SMILES string of the molecule is Oc1c(C=Nc2ccc(F)cc2)sc(=S)n1C1CCCC1. The van der Waals surface area contributed by atoms with Crippen LogP contribution in [-0.2, 0) is 0 Å². The van der Waals surface area contributed by atoms with Crippen LogP contribution in [0, 0.1) is 9.77 Å². The Labute approximate surface area is 131 Å². The summed E-state index contributed by atoms with van der Waals surface area (Å²) >= 11 is 6.71. The third-order valence-corrected chi connectivity index (χ3v) is 5.02. The molecule has 0 saturated heterocycles. The molecule has 1 N–H and O–H groups in total. The third kappa shape index (κ3) is 3.06. The van der Waals surface area contributed by atoms with Crippen LogP contribution in [0.3, 0.4) is 0 Å². The molecule has 0 atom stereocenters. The van der Waals surface area contributed by atoms with E-state index >= 15 is 0 Å². The van der Waals surface area contributed by atoms with Gasteiger partial charge in [0.15, 0.2) is 3.95 Å². The lowest BCUT2D eigenvalue weighted by Crippen LogP contribution is -2.03. The van der Waals surface area contributed by atoms with E-state index in [9.17, 15) is 9.50 Å². The molecule has 1 aromatic carbocycles. The standard InChI is InChI=1S/C15H15FN2OS2/c16-10-5-7-11(8-6-10)17-9-13-14(19)18(15(20)21-13)12-3-1-2-4-12/h5-9,12,19H,1-4H2. The van der Waals surface area contributed by atoms with Gasteiger partial charge in [0, 0.05) is 6.04 Å². The molecule has 3 nitrogen and oxygen atoms in total. The lowest BCUT2D eigenvalue weighted by molar-refractivity contribution is 0.380. The first-order valence-corrected chi connectivity index (χ1v) is 8.11. The Balaban J connectivity index is 1.87. The Bertz CT molecular complexity index is 712. The minimum Gasteiger partial charge on any atom is -0.493 e. The van der Waals surface area contributed by atoms with Crippen molar-refractivity contribution in [2.45, 2.75) is 31.7 Å². The van der Waals surface area contributed by atoms with Crippen LogP contribution in [0.2, 0.25) is 0 Å². The first kappa shape index (κ1) is 14.4. The summed E-state index contributed by atoms with van der Waals surface area (Å²) in [5.41, 5.74) is 0.641. The highest BCUT2D eigenvalue weighted by atomic mass is 32.1. The van der Waals surface area contributed by atoms with E-state index in [4.69, 9.17) is 12.2 Å². The Kier molecular flexibility index (Phi) is 4.17. The van der Waals surface area contributed by atoms with Crippen LogP contribution in [0.5, 0.6) is 5.88 Å². The highest BCUT2D eigenvalue weighted by Gasteiger charge is 2.22. The highest BCUT2D eigenvalue weighted by molar-refractivity contribution is 7.73. The van der Waals surface area contributed by atoms with Crippen molar-refractivity contribution in [3.63, 3.8) is 0 Å². The maximum absolute atomic E-state index is 12.8. The Morgan fingerprint density at radius 2 is 1.95 bits per heavy atom. The fourth-order valence-corrected chi connectivity index (χ4v) is 3.94. The van der Waals surface area contributed by atoms with Gasteiger partial charge in [0.1, 0.15) is 10.7 Å². The summed E-state index contributed by atoms with van der Waals surface area (Å²) < 4.78 is 15.4. The summed E-state index contributed by atoms with van der Waals surface area (Å²) in [4.78, 5) is 4.91. The number of hydrogen-bond acceptors (Lipinski definition) is 4. The van der Waals surface area contributed by atoms with Crippen molar-refractivity contribution < 1.29 is 9.50 Å². The topological polar surface area (TPSA) is 37.5 Å². The molecule has 6 heteroatoms. The number of rotatable bonds is 3. The molecule has 21 heavy (non-hydrogen) atoms.